The van der Waals surface area contributed by atoms with Crippen molar-refractivity contribution < 1.29 is 23.6 Å². The molecule has 0 aliphatic rings. The average Bonchev–Trinajstić information content (AvgIpc) is 0.918. The molecular weight excluding hydrogens is 89.5 g/mol. The van der Waals surface area contributed by atoms with Crippen LogP contribution >= 0.6 is 0 Å². The molecule has 0 spiro atoms. The lowest BCUT2D eigenvalue weighted by Crippen LogP contribution is -3.00. The van der Waals surface area contributed by atoms with Gasteiger partial charge in [-0.05, 0) is 6.92 Å². The maximum Gasteiger partial charge on any atom is 0.0711 e. The van der Waals surface area contributed by atoms with Crippen molar-refractivity contribution in [2.45, 2.75) is 6.92 Å². The first-order chi connectivity index (χ1) is 1.41. The van der Waals surface area contributed by atoms with Crippen molar-refractivity contribution in [2.24, 2.45) is 0 Å². The molecule has 0 atom stereocenters. The van der Waals surface area contributed by atoms with Gasteiger partial charge in [0, 0.05) is 0 Å². The topological polar surface area (TPSA) is 59.1 Å². The van der Waals surface area contributed by atoms with Gasteiger partial charge in [-0.2, -0.15) is 0 Å². The molecular formula is C2H10ClNO. The van der Waals surface area contributed by atoms with Gasteiger partial charge in [-0.1, -0.05) is 0 Å². The number of hydrogen-bond acceptors (Lipinski definition) is 0. The Morgan fingerprint density at radius 2 is 1.60 bits per heavy atom. The molecule has 0 aromatic carbocycles. The Bertz CT molecular complexity index is 9.61. The summed E-state index contributed by atoms with van der Waals surface area (Å²) in [5, 5.41) is 0. The van der Waals surface area contributed by atoms with E-state index in [-0.39, 0.29) is 17.9 Å². The van der Waals surface area contributed by atoms with Gasteiger partial charge in [-0.3, -0.25) is 0 Å². The highest BCUT2D eigenvalue weighted by molar-refractivity contribution is 3.79. The molecule has 0 amide bonds. The Hall–Kier alpha value is 0.210. The van der Waals surface area contributed by atoms with Crippen molar-refractivity contribution in [3.05, 3.63) is 0 Å². The Labute approximate surface area is 38.1 Å². The molecule has 0 heterocycles. The molecule has 36 valence electrons. The highest BCUT2D eigenvalue weighted by Crippen LogP contribution is 1.13. The van der Waals surface area contributed by atoms with Gasteiger partial charge in [0.05, 0.1) is 6.54 Å². The Morgan fingerprint density at radius 1 is 1.60 bits per heavy atom. The molecule has 0 saturated heterocycles. The van der Waals surface area contributed by atoms with Crippen molar-refractivity contribution in [3.8, 4) is 0 Å². The maximum absolute atomic E-state index is 3.49. The zero-order valence-corrected chi connectivity index (χ0v) is 4.05. The molecule has 0 aromatic heterocycles. The van der Waals surface area contributed by atoms with Crippen LogP contribution in [0.5, 0.6) is 0 Å². The monoisotopic (exact) mass is 99.0 g/mol. The minimum atomic E-state index is 0. The summed E-state index contributed by atoms with van der Waals surface area (Å²) < 4.78 is 0. The van der Waals surface area contributed by atoms with Crippen LogP contribution in [0.4, 0.5) is 0 Å². The predicted octanol–water partition coefficient (Wildman–Crippen LogP) is -4.57. The summed E-state index contributed by atoms with van der Waals surface area (Å²) in [5.74, 6) is 0. The van der Waals surface area contributed by atoms with E-state index in [9.17, 15) is 0 Å². The molecule has 0 fully saturated rings. The lowest BCUT2D eigenvalue weighted by Gasteiger charge is -1.49. The van der Waals surface area contributed by atoms with Crippen molar-refractivity contribution in [3.63, 3.8) is 0 Å². The number of quaternary nitrogens is 1. The second kappa shape index (κ2) is 29.6. The minimum Gasteiger partial charge on any atom is -1.00 e. The van der Waals surface area contributed by atoms with E-state index in [1.165, 1.54) is 0 Å². The first kappa shape index (κ1) is 18.9. The molecule has 0 aliphatic carbocycles. The van der Waals surface area contributed by atoms with E-state index in [4.69, 9.17) is 0 Å². The van der Waals surface area contributed by atoms with Crippen LogP contribution in [0.3, 0.4) is 0 Å². The fourth-order valence-corrected chi connectivity index (χ4v) is 0. The lowest BCUT2D eigenvalue weighted by molar-refractivity contribution is -0.361. The van der Waals surface area contributed by atoms with Gasteiger partial charge >= 0.3 is 0 Å². The SMILES string of the molecule is CC[NH3+].O.[Cl-]. The summed E-state index contributed by atoms with van der Waals surface area (Å²) in [6.07, 6.45) is 0. The highest BCUT2D eigenvalue weighted by atomic mass is 35.5. The molecule has 0 unspecified atom stereocenters. The third kappa shape index (κ3) is 466. The quantitative estimate of drug-likeness (QED) is 0.318. The van der Waals surface area contributed by atoms with E-state index >= 15 is 0 Å². The Balaban J connectivity index is -0.0000000200. The van der Waals surface area contributed by atoms with Gasteiger partial charge in [0.2, 0.25) is 0 Å². The summed E-state index contributed by atoms with van der Waals surface area (Å²) in [7, 11) is 0. The standard InChI is InChI=1S/C2H7N.ClH.H2O/c1-2-3;;/h2-3H2,1H3;1H;1H2. The molecule has 0 bridgehead atoms. The highest BCUT2D eigenvalue weighted by Gasteiger charge is 1.37. The van der Waals surface area contributed by atoms with Crippen LogP contribution in [-0.4, -0.2) is 12.0 Å². The number of rotatable bonds is 0. The minimum absolute atomic E-state index is 0. The Morgan fingerprint density at radius 3 is 1.60 bits per heavy atom. The Kier molecular flexibility index (Phi) is 112. The van der Waals surface area contributed by atoms with E-state index in [1.807, 2.05) is 6.92 Å². The van der Waals surface area contributed by atoms with Crippen LogP contribution in [0.2, 0.25) is 0 Å². The third-order valence-electron chi connectivity index (χ3n) is 0. The molecule has 5 N–H and O–H groups in total. The van der Waals surface area contributed by atoms with Crippen LogP contribution in [0, 0.1) is 0 Å². The first-order valence-electron chi connectivity index (χ1n) is 1.21. The fraction of sp³-hybridized carbons (Fsp3) is 1.00. The number of hydrogen-bond donors (Lipinski definition) is 1. The summed E-state index contributed by atoms with van der Waals surface area (Å²) >= 11 is 0. The molecule has 0 aliphatic heterocycles. The molecule has 0 saturated carbocycles. The van der Waals surface area contributed by atoms with E-state index in [0.29, 0.717) is 0 Å². The van der Waals surface area contributed by atoms with Crippen molar-refractivity contribution in [1.82, 2.24) is 0 Å². The van der Waals surface area contributed by atoms with Gasteiger partial charge in [-0.25, -0.2) is 0 Å². The van der Waals surface area contributed by atoms with Crippen LogP contribution < -0.4 is 18.1 Å². The van der Waals surface area contributed by atoms with Gasteiger partial charge in [-0.15, -0.1) is 0 Å². The van der Waals surface area contributed by atoms with Crippen LogP contribution in [0.1, 0.15) is 6.92 Å². The molecule has 0 rings (SSSR count). The van der Waals surface area contributed by atoms with Crippen molar-refractivity contribution >= 4 is 0 Å². The number of halogens is 1. The van der Waals surface area contributed by atoms with Crippen LogP contribution in [0.15, 0.2) is 0 Å². The summed E-state index contributed by atoms with van der Waals surface area (Å²) in [4.78, 5) is 0. The zero-order valence-electron chi connectivity index (χ0n) is 3.29. The molecule has 2 nitrogen and oxygen atoms in total. The van der Waals surface area contributed by atoms with E-state index in [2.05, 4.69) is 5.73 Å². The van der Waals surface area contributed by atoms with E-state index in [0.717, 1.165) is 6.54 Å². The zero-order chi connectivity index (χ0) is 2.71. The van der Waals surface area contributed by atoms with Crippen LogP contribution in [-0.2, 0) is 0 Å². The van der Waals surface area contributed by atoms with Gasteiger partial charge in [0.15, 0.2) is 0 Å². The fourth-order valence-electron chi connectivity index (χ4n) is 0. The molecule has 0 aromatic rings. The maximum atomic E-state index is 3.49. The largest absolute Gasteiger partial charge is 1.00 e. The van der Waals surface area contributed by atoms with E-state index in [1.54, 1.807) is 0 Å². The lowest BCUT2D eigenvalue weighted by atomic mass is 10.8. The molecule has 3 heteroatoms. The molecule has 0 radical (unpaired) electrons. The second-order valence-electron chi connectivity index (χ2n) is 0.500. The third-order valence-corrected chi connectivity index (χ3v) is 0. The average molecular weight is 99.6 g/mol. The van der Waals surface area contributed by atoms with Crippen molar-refractivity contribution in [2.75, 3.05) is 6.54 Å². The smallest absolute Gasteiger partial charge is 0.0711 e. The first-order valence-corrected chi connectivity index (χ1v) is 1.21. The van der Waals surface area contributed by atoms with Gasteiger partial charge in [0.1, 0.15) is 0 Å². The normalized spacial score (nSPS) is 3.60. The van der Waals surface area contributed by atoms with Crippen molar-refractivity contribution in [1.29, 1.82) is 0 Å². The van der Waals surface area contributed by atoms with Gasteiger partial charge < -0.3 is 23.6 Å². The summed E-state index contributed by atoms with van der Waals surface area (Å²) in [6, 6.07) is 0. The predicted molar refractivity (Wildman–Crippen MR) is 17.0 cm³/mol. The van der Waals surface area contributed by atoms with Gasteiger partial charge in [0.25, 0.3) is 0 Å². The molecule has 5 heavy (non-hydrogen) atoms. The summed E-state index contributed by atoms with van der Waals surface area (Å²) in [5.41, 5.74) is 3.49. The van der Waals surface area contributed by atoms with E-state index < -0.39 is 0 Å². The second-order valence-corrected chi connectivity index (χ2v) is 0.500. The van der Waals surface area contributed by atoms with Crippen LogP contribution in [0.25, 0.3) is 0 Å². The summed E-state index contributed by atoms with van der Waals surface area (Å²) in [6.45, 7) is 3.01.